The van der Waals surface area contributed by atoms with Crippen LogP contribution in [0, 0.1) is 0 Å². The number of aromatic nitrogens is 2. The molecule has 0 radical (unpaired) electrons. The van der Waals surface area contributed by atoms with E-state index in [-0.39, 0.29) is 5.56 Å². The normalized spacial score (nSPS) is 11.8. The maximum Gasteiger partial charge on any atom is 0.326 e. The molecule has 2 rings (SSSR count). The monoisotopic (exact) mass is 288 g/mol. The van der Waals surface area contributed by atoms with Crippen LogP contribution in [-0.2, 0) is 9.59 Å². The molecular weight excluding hydrogens is 276 g/mol. The Morgan fingerprint density at radius 1 is 1.19 bits per heavy atom. The quantitative estimate of drug-likeness (QED) is 0.690. The average Bonchev–Trinajstić information content (AvgIpc) is 2.45. The zero-order valence-electron chi connectivity index (χ0n) is 10.8. The zero-order chi connectivity index (χ0) is 15.4. The number of carboxylic acids is 1. The highest BCUT2D eigenvalue weighted by atomic mass is 16.4. The van der Waals surface area contributed by atoms with Crippen LogP contribution in [0.1, 0.15) is 16.8 Å². The van der Waals surface area contributed by atoms with Gasteiger partial charge in [-0.15, -0.1) is 0 Å². The lowest BCUT2D eigenvalue weighted by molar-refractivity contribution is -0.140. The van der Waals surface area contributed by atoms with Crippen molar-refractivity contribution >= 4 is 28.8 Å². The van der Waals surface area contributed by atoms with Crippen molar-refractivity contribution in [1.29, 1.82) is 0 Å². The van der Waals surface area contributed by atoms with Gasteiger partial charge in [0.25, 0.3) is 5.91 Å². The number of amides is 2. The lowest BCUT2D eigenvalue weighted by Crippen LogP contribution is -2.43. The number of aliphatic carboxylic acids is 1. The number of carboxylic acid groups (broad SMARTS) is 1. The first-order valence-electron chi connectivity index (χ1n) is 6.00. The number of carbonyl (C=O) groups is 3. The molecule has 0 saturated heterocycles. The molecule has 8 nitrogen and oxygen atoms in total. The second-order valence-corrected chi connectivity index (χ2v) is 4.29. The van der Waals surface area contributed by atoms with Gasteiger partial charge in [-0.25, -0.2) is 4.79 Å². The molecule has 2 amide bonds. The summed E-state index contributed by atoms with van der Waals surface area (Å²) in [5, 5.41) is 11.2. The van der Waals surface area contributed by atoms with Crippen LogP contribution < -0.4 is 11.1 Å². The summed E-state index contributed by atoms with van der Waals surface area (Å²) in [6.07, 6.45) is 2.53. The molecule has 8 heteroatoms. The summed E-state index contributed by atoms with van der Waals surface area (Å²) in [6, 6.07) is 3.21. The van der Waals surface area contributed by atoms with Gasteiger partial charge in [-0.3, -0.25) is 19.6 Å². The molecule has 0 unspecified atom stereocenters. The fourth-order valence-electron chi connectivity index (χ4n) is 1.75. The number of rotatable bonds is 5. The molecule has 108 valence electrons. The summed E-state index contributed by atoms with van der Waals surface area (Å²) in [5.41, 5.74) is 6.29. The van der Waals surface area contributed by atoms with Crippen molar-refractivity contribution in [3.63, 3.8) is 0 Å². The number of nitrogens with zero attached hydrogens (tertiary/aromatic N) is 2. The minimum atomic E-state index is -1.37. The molecule has 4 N–H and O–H groups in total. The highest BCUT2D eigenvalue weighted by Gasteiger charge is 2.22. The number of nitrogens with two attached hydrogens (primary N) is 1. The van der Waals surface area contributed by atoms with Gasteiger partial charge in [0.05, 0.1) is 17.5 Å². The molecule has 0 fully saturated rings. The van der Waals surface area contributed by atoms with Crippen LogP contribution in [0.15, 0.2) is 30.6 Å². The largest absolute Gasteiger partial charge is 0.480 e. The number of fused-ring (bicyclic) bond motifs is 1. The Kier molecular flexibility index (Phi) is 4.07. The maximum atomic E-state index is 12.0. The van der Waals surface area contributed by atoms with E-state index in [1.807, 2.05) is 0 Å². The predicted molar refractivity (Wildman–Crippen MR) is 72.2 cm³/mol. The molecule has 1 aromatic carbocycles. The fraction of sp³-hybridized carbons (Fsp3) is 0.154. The van der Waals surface area contributed by atoms with E-state index in [0.717, 1.165) is 0 Å². The van der Waals surface area contributed by atoms with Crippen molar-refractivity contribution in [1.82, 2.24) is 15.3 Å². The SMILES string of the molecule is NC(=O)C[C@H](NC(=O)c1ccc2nccnc2c1)C(=O)O. The van der Waals surface area contributed by atoms with Gasteiger partial charge in [0.1, 0.15) is 6.04 Å². The molecule has 0 bridgehead atoms. The second kappa shape index (κ2) is 5.95. The number of hydrogen-bond donors (Lipinski definition) is 3. The summed E-state index contributed by atoms with van der Waals surface area (Å²) >= 11 is 0. The third-order valence-corrected chi connectivity index (χ3v) is 2.74. The molecular formula is C13H12N4O4. The van der Waals surface area contributed by atoms with Crippen LogP contribution >= 0.6 is 0 Å². The third-order valence-electron chi connectivity index (χ3n) is 2.74. The van der Waals surface area contributed by atoms with Gasteiger partial charge in [0, 0.05) is 18.0 Å². The Hall–Kier alpha value is -3.03. The molecule has 0 aliphatic rings. The first-order chi connectivity index (χ1) is 9.97. The number of benzene rings is 1. The molecule has 1 heterocycles. The van der Waals surface area contributed by atoms with Crippen LogP contribution in [0.5, 0.6) is 0 Å². The Labute approximate surface area is 119 Å². The lowest BCUT2D eigenvalue weighted by atomic mass is 10.1. The van der Waals surface area contributed by atoms with Crippen LogP contribution in [-0.4, -0.2) is 38.9 Å². The average molecular weight is 288 g/mol. The van der Waals surface area contributed by atoms with Crippen molar-refractivity contribution in [3.8, 4) is 0 Å². The third kappa shape index (κ3) is 3.50. The summed E-state index contributed by atoms with van der Waals surface area (Å²) < 4.78 is 0. The van der Waals surface area contributed by atoms with Gasteiger partial charge in [0.15, 0.2) is 0 Å². The van der Waals surface area contributed by atoms with Gasteiger partial charge in [-0.1, -0.05) is 0 Å². The Morgan fingerprint density at radius 2 is 1.86 bits per heavy atom. The van der Waals surface area contributed by atoms with Crippen molar-refractivity contribution in [2.24, 2.45) is 5.73 Å². The molecule has 1 aromatic heterocycles. The number of carbonyl (C=O) groups excluding carboxylic acids is 2. The highest BCUT2D eigenvalue weighted by molar-refractivity contribution is 5.99. The van der Waals surface area contributed by atoms with Gasteiger partial charge in [-0.2, -0.15) is 0 Å². The van der Waals surface area contributed by atoms with Gasteiger partial charge < -0.3 is 16.2 Å². The minimum absolute atomic E-state index is 0.221. The van der Waals surface area contributed by atoms with Crippen LogP contribution in [0.3, 0.4) is 0 Å². The van der Waals surface area contributed by atoms with Crippen molar-refractivity contribution < 1.29 is 19.5 Å². The number of primary amides is 1. The van der Waals surface area contributed by atoms with E-state index in [1.165, 1.54) is 24.5 Å². The smallest absolute Gasteiger partial charge is 0.326 e. The molecule has 0 aliphatic heterocycles. The highest BCUT2D eigenvalue weighted by Crippen LogP contribution is 2.11. The van der Waals surface area contributed by atoms with E-state index >= 15 is 0 Å². The zero-order valence-corrected chi connectivity index (χ0v) is 10.8. The van der Waals surface area contributed by atoms with Crippen molar-refractivity contribution in [2.45, 2.75) is 12.5 Å². The van der Waals surface area contributed by atoms with Crippen molar-refractivity contribution in [2.75, 3.05) is 0 Å². The van der Waals surface area contributed by atoms with E-state index in [2.05, 4.69) is 15.3 Å². The molecule has 0 spiro atoms. The molecule has 0 saturated carbocycles. The van der Waals surface area contributed by atoms with E-state index < -0.39 is 30.2 Å². The van der Waals surface area contributed by atoms with Crippen LogP contribution in [0.25, 0.3) is 11.0 Å². The number of hydrogen-bond acceptors (Lipinski definition) is 5. The van der Waals surface area contributed by atoms with E-state index in [9.17, 15) is 14.4 Å². The predicted octanol–water partition coefficient (Wildman–Crippen LogP) is -0.312. The van der Waals surface area contributed by atoms with Gasteiger partial charge >= 0.3 is 5.97 Å². The summed E-state index contributed by atoms with van der Waals surface area (Å²) in [7, 11) is 0. The first kappa shape index (κ1) is 14.4. The van der Waals surface area contributed by atoms with Crippen LogP contribution in [0.2, 0.25) is 0 Å². The van der Waals surface area contributed by atoms with E-state index in [0.29, 0.717) is 11.0 Å². The summed E-state index contributed by atoms with van der Waals surface area (Å²) in [6.45, 7) is 0. The minimum Gasteiger partial charge on any atom is -0.480 e. The molecule has 0 aliphatic carbocycles. The van der Waals surface area contributed by atoms with Crippen LogP contribution in [0.4, 0.5) is 0 Å². The Morgan fingerprint density at radius 3 is 2.48 bits per heavy atom. The molecule has 1 atom stereocenters. The summed E-state index contributed by atoms with van der Waals surface area (Å²) in [4.78, 5) is 41.9. The first-order valence-corrected chi connectivity index (χ1v) is 6.00. The topological polar surface area (TPSA) is 135 Å². The molecule has 21 heavy (non-hydrogen) atoms. The second-order valence-electron chi connectivity index (χ2n) is 4.29. The van der Waals surface area contributed by atoms with E-state index in [4.69, 9.17) is 10.8 Å². The maximum absolute atomic E-state index is 12.0. The van der Waals surface area contributed by atoms with Crippen molar-refractivity contribution in [3.05, 3.63) is 36.2 Å². The Bertz CT molecular complexity index is 716. The number of nitrogens with one attached hydrogen (secondary N) is 1. The standard InChI is InChI=1S/C13H12N4O4/c14-11(18)6-10(13(20)21)17-12(19)7-1-2-8-9(5-7)16-4-3-15-8/h1-5,10H,6H2,(H2,14,18)(H,17,19)(H,20,21)/t10-/m0/s1. The van der Waals surface area contributed by atoms with E-state index in [1.54, 1.807) is 6.07 Å². The summed E-state index contributed by atoms with van der Waals surface area (Å²) in [5.74, 6) is -2.77. The van der Waals surface area contributed by atoms with Gasteiger partial charge in [-0.05, 0) is 18.2 Å². The molecule has 2 aromatic rings. The fourth-order valence-corrected chi connectivity index (χ4v) is 1.75. The lowest BCUT2D eigenvalue weighted by Gasteiger charge is -2.12. The van der Waals surface area contributed by atoms with Gasteiger partial charge in [0.2, 0.25) is 5.91 Å². The Balaban J connectivity index is 2.20.